The Bertz CT molecular complexity index is 368. The van der Waals surface area contributed by atoms with Crippen molar-refractivity contribution in [2.75, 3.05) is 13.7 Å². The number of nitrogens with zero attached hydrogens (tertiary/aromatic N) is 1. The highest BCUT2D eigenvalue weighted by atomic mass is 16.6. The van der Waals surface area contributed by atoms with Crippen LogP contribution in [0, 0.1) is 10.1 Å². The number of nitrogens with one attached hydrogen (secondary N) is 1. The molecule has 0 amide bonds. The van der Waals surface area contributed by atoms with Gasteiger partial charge in [0.1, 0.15) is 5.75 Å². The van der Waals surface area contributed by atoms with Crippen LogP contribution in [-0.4, -0.2) is 18.6 Å². The van der Waals surface area contributed by atoms with Gasteiger partial charge in [0.25, 0.3) is 5.69 Å². The zero-order chi connectivity index (χ0) is 12.0. The van der Waals surface area contributed by atoms with Gasteiger partial charge < -0.3 is 9.57 Å². The molecule has 0 aliphatic rings. The zero-order valence-corrected chi connectivity index (χ0v) is 9.23. The molecule has 0 saturated heterocycles. The van der Waals surface area contributed by atoms with Crippen LogP contribution in [0.2, 0.25) is 0 Å². The molecule has 1 rings (SSSR count). The number of non-ortho nitro benzene ring substituents is 1. The number of hydrogen-bond acceptors (Lipinski definition) is 5. The minimum Gasteiger partial charge on any atom is -0.496 e. The molecule has 0 heterocycles. The van der Waals surface area contributed by atoms with Crippen LogP contribution >= 0.6 is 0 Å². The highest BCUT2D eigenvalue weighted by Crippen LogP contribution is 2.22. The molecule has 0 fully saturated rings. The Morgan fingerprint density at radius 2 is 2.19 bits per heavy atom. The standard InChI is InChI=1S/C10H14N2O4/c1-3-16-11-7-8-4-9(12(13)14)6-10(5-8)15-2/h4-6,11H,3,7H2,1-2H3. The molecule has 1 aromatic carbocycles. The lowest BCUT2D eigenvalue weighted by atomic mass is 10.2. The first kappa shape index (κ1) is 12.4. The van der Waals surface area contributed by atoms with Crippen LogP contribution in [0.1, 0.15) is 12.5 Å². The molecule has 0 atom stereocenters. The predicted octanol–water partition coefficient (Wildman–Crippen LogP) is 1.64. The first-order chi connectivity index (χ1) is 7.67. The van der Waals surface area contributed by atoms with Crippen LogP contribution < -0.4 is 10.2 Å². The van der Waals surface area contributed by atoms with E-state index in [2.05, 4.69) is 5.48 Å². The fourth-order valence-electron chi connectivity index (χ4n) is 1.21. The lowest BCUT2D eigenvalue weighted by molar-refractivity contribution is -0.385. The summed E-state index contributed by atoms with van der Waals surface area (Å²) < 4.78 is 4.98. The fourth-order valence-corrected chi connectivity index (χ4v) is 1.21. The Kier molecular flexibility index (Phi) is 4.68. The van der Waals surface area contributed by atoms with Crippen molar-refractivity contribution in [2.45, 2.75) is 13.5 Å². The summed E-state index contributed by atoms with van der Waals surface area (Å²) in [5, 5.41) is 10.6. The van der Waals surface area contributed by atoms with Crippen LogP contribution in [0.5, 0.6) is 5.75 Å². The van der Waals surface area contributed by atoms with Gasteiger partial charge in [-0.05, 0) is 18.6 Å². The Morgan fingerprint density at radius 1 is 1.44 bits per heavy atom. The number of methoxy groups -OCH3 is 1. The minimum atomic E-state index is -0.452. The summed E-state index contributed by atoms with van der Waals surface area (Å²) in [6, 6.07) is 4.58. The van der Waals surface area contributed by atoms with E-state index in [1.807, 2.05) is 6.92 Å². The molecule has 16 heavy (non-hydrogen) atoms. The first-order valence-corrected chi connectivity index (χ1v) is 4.84. The number of benzene rings is 1. The third kappa shape index (κ3) is 3.48. The molecule has 6 heteroatoms. The van der Waals surface area contributed by atoms with Crippen molar-refractivity contribution in [3.05, 3.63) is 33.9 Å². The maximum atomic E-state index is 10.6. The largest absolute Gasteiger partial charge is 0.496 e. The second kappa shape index (κ2) is 6.04. The minimum absolute atomic E-state index is 0.00708. The highest BCUT2D eigenvalue weighted by Gasteiger charge is 2.09. The van der Waals surface area contributed by atoms with Gasteiger partial charge in [0.2, 0.25) is 0 Å². The van der Waals surface area contributed by atoms with Gasteiger partial charge in [-0.3, -0.25) is 10.1 Å². The van der Waals surface area contributed by atoms with E-state index >= 15 is 0 Å². The fraction of sp³-hybridized carbons (Fsp3) is 0.400. The number of hydrogen-bond donors (Lipinski definition) is 1. The molecule has 0 aromatic heterocycles. The molecule has 0 radical (unpaired) electrons. The smallest absolute Gasteiger partial charge is 0.273 e. The lowest BCUT2D eigenvalue weighted by Gasteiger charge is -2.06. The second-order valence-electron chi connectivity index (χ2n) is 3.05. The molecular weight excluding hydrogens is 212 g/mol. The normalized spacial score (nSPS) is 10.1. The SMILES string of the molecule is CCONCc1cc(OC)cc([N+](=O)[O-])c1. The van der Waals surface area contributed by atoms with Gasteiger partial charge in [-0.25, -0.2) is 0 Å². The first-order valence-electron chi connectivity index (χ1n) is 4.84. The third-order valence-corrected chi connectivity index (χ3v) is 1.92. The Balaban J connectivity index is 2.82. The van der Waals surface area contributed by atoms with Gasteiger partial charge in [-0.1, -0.05) is 0 Å². The van der Waals surface area contributed by atoms with Crippen LogP contribution in [0.4, 0.5) is 5.69 Å². The van der Waals surface area contributed by atoms with E-state index in [0.29, 0.717) is 18.9 Å². The molecule has 0 aliphatic heterocycles. The number of ether oxygens (including phenoxy) is 1. The van der Waals surface area contributed by atoms with E-state index in [1.54, 1.807) is 6.07 Å². The maximum absolute atomic E-state index is 10.6. The second-order valence-corrected chi connectivity index (χ2v) is 3.05. The number of nitro benzene ring substituents is 1. The topological polar surface area (TPSA) is 73.6 Å². The van der Waals surface area contributed by atoms with Crippen LogP contribution in [-0.2, 0) is 11.4 Å². The van der Waals surface area contributed by atoms with Gasteiger partial charge in [0.15, 0.2) is 0 Å². The molecule has 1 aromatic rings. The van der Waals surface area contributed by atoms with Crippen molar-refractivity contribution >= 4 is 5.69 Å². The van der Waals surface area contributed by atoms with Crippen LogP contribution in [0.25, 0.3) is 0 Å². The van der Waals surface area contributed by atoms with Gasteiger partial charge in [0, 0.05) is 12.6 Å². The van der Waals surface area contributed by atoms with E-state index in [1.165, 1.54) is 19.2 Å². The van der Waals surface area contributed by atoms with E-state index in [9.17, 15) is 10.1 Å². The molecule has 0 spiro atoms. The van der Waals surface area contributed by atoms with Crippen molar-refractivity contribution in [1.29, 1.82) is 0 Å². The summed E-state index contributed by atoms with van der Waals surface area (Å²) in [5.41, 5.74) is 3.43. The van der Waals surface area contributed by atoms with Crippen molar-refractivity contribution in [3.8, 4) is 5.75 Å². The summed E-state index contributed by atoms with van der Waals surface area (Å²) >= 11 is 0. The third-order valence-electron chi connectivity index (χ3n) is 1.92. The van der Waals surface area contributed by atoms with Gasteiger partial charge in [-0.2, -0.15) is 5.48 Å². The Labute approximate surface area is 93.3 Å². The molecule has 0 saturated carbocycles. The molecule has 0 unspecified atom stereocenters. The van der Waals surface area contributed by atoms with Gasteiger partial charge >= 0.3 is 0 Å². The quantitative estimate of drug-likeness (QED) is 0.453. The van der Waals surface area contributed by atoms with E-state index in [4.69, 9.17) is 9.57 Å². The molecule has 1 N–H and O–H groups in total. The summed E-state index contributed by atoms with van der Waals surface area (Å²) in [5.74, 6) is 0.461. The van der Waals surface area contributed by atoms with Gasteiger partial charge in [-0.15, -0.1) is 0 Å². The predicted molar refractivity (Wildman–Crippen MR) is 58.1 cm³/mol. The lowest BCUT2D eigenvalue weighted by Crippen LogP contribution is -2.13. The Hall–Kier alpha value is -1.66. The van der Waals surface area contributed by atoms with E-state index in [-0.39, 0.29) is 5.69 Å². The van der Waals surface area contributed by atoms with Crippen molar-refractivity contribution in [2.24, 2.45) is 0 Å². The summed E-state index contributed by atoms with van der Waals surface area (Å²) in [7, 11) is 1.47. The molecule has 88 valence electrons. The Morgan fingerprint density at radius 3 is 2.75 bits per heavy atom. The number of nitro groups is 1. The van der Waals surface area contributed by atoms with Crippen molar-refractivity contribution < 1.29 is 14.5 Å². The molecule has 0 bridgehead atoms. The summed E-state index contributed by atoms with van der Waals surface area (Å²) in [6.07, 6.45) is 0. The average molecular weight is 226 g/mol. The zero-order valence-electron chi connectivity index (χ0n) is 9.23. The number of hydroxylamine groups is 1. The molecule has 0 aliphatic carbocycles. The summed E-state index contributed by atoms with van der Waals surface area (Å²) in [4.78, 5) is 15.1. The van der Waals surface area contributed by atoms with Crippen LogP contribution in [0.15, 0.2) is 18.2 Å². The maximum Gasteiger partial charge on any atom is 0.273 e. The van der Waals surface area contributed by atoms with E-state index < -0.39 is 4.92 Å². The van der Waals surface area contributed by atoms with Crippen LogP contribution in [0.3, 0.4) is 0 Å². The number of rotatable bonds is 6. The van der Waals surface area contributed by atoms with Crippen molar-refractivity contribution in [3.63, 3.8) is 0 Å². The summed E-state index contributed by atoms with van der Waals surface area (Å²) in [6.45, 7) is 2.78. The van der Waals surface area contributed by atoms with Gasteiger partial charge in [0.05, 0.1) is 24.7 Å². The average Bonchev–Trinajstić information content (AvgIpc) is 2.29. The highest BCUT2D eigenvalue weighted by molar-refractivity contribution is 5.42. The molecular formula is C10H14N2O4. The van der Waals surface area contributed by atoms with Crippen molar-refractivity contribution in [1.82, 2.24) is 5.48 Å². The molecule has 6 nitrogen and oxygen atoms in total. The van der Waals surface area contributed by atoms with E-state index in [0.717, 1.165) is 5.56 Å². The monoisotopic (exact) mass is 226 g/mol.